The minimum absolute atomic E-state index is 0.251. The normalized spacial score (nSPS) is 19.8. The molecular weight excluding hydrogens is 238 g/mol. The molecule has 3 nitrogen and oxygen atoms in total. The highest BCUT2D eigenvalue weighted by atomic mass is 16.4. The van der Waals surface area contributed by atoms with E-state index in [-0.39, 0.29) is 6.04 Å². The minimum atomic E-state index is -0.797. The summed E-state index contributed by atoms with van der Waals surface area (Å²) in [5.74, 6) is -0.187. The molecule has 0 radical (unpaired) electrons. The fraction of sp³-hybridized carbons (Fsp3) is 0.562. The molecule has 1 aromatic carbocycles. The van der Waals surface area contributed by atoms with Gasteiger partial charge in [-0.1, -0.05) is 49.6 Å². The molecule has 104 valence electrons. The van der Waals surface area contributed by atoms with Crippen molar-refractivity contribution in [3.05, 3.63) is 35.9 Å². The van der Waals surface area contributed by atoms with Crippen molar-refractivity contribution in [2.45, 2.75) is 51.1 Å². The summed E-state index contributed by atoms with van der Waals surface area (Å²) in [6.45, 7) is 2.12. The first kappa shape index (κ1) is 14.1. The molecule has 0 amide bonds. The zero-order chi connectivity index (χ0) is 13.7. The number of hydrogen-bond donors (Lipinski definition) is 2. The minimum Gasteiger partial charge on any atom is -0.480 e. The van der Waals surface area contributed by atoms with Crippen LogP contribution >= 0.6 is 0 Å². The predicted molar refractivity (Wildman–Crippen MR) is 76.0 cm³/mol. The van der Waals surface area contributed by atoms with Crippen molar-refractivity contribution in [3.63, 3.8) is 0 Å². The summed E-state index contributed by atoms with van der Waals surface area (Å²) in [4.78, 5) is 11.5. The Morgan fingerprint density at radius 3 is 2.42 bits per heavy atom. The lowest BCUT2D eigenvalue weighted by Gasteiger charge is -2.30. The number of carboxylic acid groups (broad SMARTS) is 1. The van der Waals surface area contributed by atoms with Crippen LogP contribution in [0.3, 0.4) is 0 Å². The topological polar surface area (TPSA) is 49.3 Å². The molecule has 2 N–H and O–H groups in total. The molecule has 0 aromatic heterocycles. The van der Waals surface area contributed by atoms with Crippen molar-refractivity contribution >= 4 is 5.97 Å². The Kier molecular flexibility index (Phi) is 4.97. The molecule has 0 saturated heterocycles. The highest BCUT2D eigenvalue weighted by Gasteiger charge is 2.26. The van der Waals surface area contributed by atoms with Crippen molar-refractivity contribution < 1.29 is 9.90 Å². The molecule has 1 unspecified atom stereocenters. The van der Waals surface area contributed by atoms with Crippen LogP contribution in [0.5, 0.6) is 0 Å². The third-order valence-electron chi connectivity index (χ3n) is 4.17. The first-order valence-corrected chi connectivity index (χ1v) is 7.22. The van der Waals surface area contributed by atoms with Gasteiger partial charge in [0.05, 0.1) is 0 Å². The van der Waals surface area contributed by atoms with Gasteiger partial charge in [0.1, 0.15) is 6.04 Å². The van der Waals surface area contributed by atoms with Crippen LogP contribution in [0.25, 0.3) is 0 Å². The van der Waals surface area contributed by atoms with E-state index in [1.54, 1.807) is 0 Å². The second-order valence-corrected chi connectivity index (χ2v) is 5.54. The van der Waals surface area contributed by atoms with Crippen LogP contribution in [-0.4, -0.2) is 17.1 Å². The standard InChI is InChI=1S/C16H23NO2/c1-12(13-8-4-2-5-9-13)17-15(16(18)19)14-10-6-3-7-11-14/h3,6-7,10-13,15,17H,2,4-5,8-9H2,1H3,(H,18,19)/t12-,15?/m0/s1. The van der Waals surface area contributed by atoms with Crippen LogP contribution in [0.15, 0.2) is 30.3 Å². The predicted octanol–water partition coefficient (Wildman–Crippen LogP) is 3.37. The van der Waals surface area contributed by atoms with Crippen LogP contribution in [0.1, 0.15) is 50.6 Å². The molecular formula is C16H23NO2. The lowest BCUT2D eigenvalue weighted by molar-refractivity contribution is -0.140. The average molecular weight is 261 g/mol. The summed E-state index contributed by atoms with van der Waals surface area (Å²) < 4.78 is 0. The maximum absolute atomic E-state index is 11.5. The number of aliphatic carboxylic acids is 1. The molecule has 1 aromatic rings. The molecule has 19 heavy (non-hydrogen) atoms. The van der Waals surface area contributed by atoms with Gasteiger partial charge in [0.15, 0.2) is 0 Å². The van der Waals surface area contributed by atoms with Crippen LogP contribution in [0, 0.1) is 5.92 Å². The Balaban J connectivity index is 2.02. The van der Waals surface area contributed by atoms with E-state index in [1.165, 1.54) is 32.1 Å². The highest BCUT2D eigenvalue weighted by Crippen LogP contribution is 2.27. The van der Waals surface area contributed by atoms with E-state index in [4.69, 9.17) is 0 Å². The number of nitrogens with one attached hydrogen (secondary N) is 1. The van der Waals surface area contributed by atoms with Crippen molar-refractivity contribution in [3.8, 4) is 0 Å². The zero-order valence-corrected chi connectivity index (χ0v) is 11.5. The first-order valence-electron chi connectivity index (χ1n) is 7.22. The summed E-state index contributed by atoms with van der Waals surface area (Å²) >= 11 is 0. The largest absolute Gasteiger partial charge is 0.480 e. The zero-order valence-electron chi connectivity index (χ0n) is 11.5. The lowest BCUT2D eigenvalue weighted by atomic mass is 9.84. The van der Waals surface area contributed by atoms with E-state index in [0.29, 0.717) is 5.92 Å². The van der Waals surface area contributed by atoms with E-state index >= 15 is 0 Å². The van der Waals surface area contributed by atoms with Crippen molar-refractivity contribution in [1.29, 1.82) is 0 Å². The van der Waals surface area contributed by atoms with Gasteiger partial charge < -0.3 is 5.11 Å². The second kappa shape index (κ2) is 6.71. The van der Waals surface area contributed by atoms with Gasteiger partial charge >= 0.3 is 5.97 Å². The summed E-state index contributed by atoms with van der Waals surface area (Å²) in [6.07, 6.45) is 6.31. The van der Waals surface area contributed by atoms with Crippen LogP contribution < -0.4 is 5.32 Å². The van der Waals surface area contributed by atoms with Gasteiger partial charge in [-0.3, -0.25) is 10.1 Å². The Bertz CT molecular complexity index is 398. The lowest BCUT2D eigenvalue weighted by Crippen LogP contribution is -2.40. The van der Waals surface area contributed by atoms with Crippen LogP contribution in [0.2, 0.25) is 0 Å². The molecule has 0 heterocycles. The Hall–Kier alpha value is -1.35. The third-order valence-corrected chi connectivity index (χ3v) is 4.17. The molecule has 3 heteroatoms. The fourth-order valence-corrected chi connectivity index (χ4v) is 2.99. The van der Waals surface area contributed by atoms with Crippen LogP contribution in [-0.2, 0) is 4.79 Å². The van der Waals surface area contributed by atoms with Gasteiger partial charge in [0.25, 0.3) is 0 Å². The number of rotatable bonds is 5. The van der Waals surface area contributed by atoms with Gasteiger partial charge in [-0.25, -0.2) is 0 Å². The number of carbonyl (C=O) groups is 1. The fourth-order valence-electron chi connectivity index (χ4n) is 2.99. The molecule has 2 rings (SSSR count). The van der Waals surface area contributed by atoms with E-state index in [1.807, 2.05) is 30.3 Å². The molecule has 1 aliphatic rings. The molecule has 0 aliphatic heterocycles. The van der Waals surface area contributed by atoms with Gasteiger partial charge in [0, 0.05) is 6.04 Å². The Labute approximate surface area is 115 Å². The second-order valence-electron chi connectivity index (χ2n) is 5.54. The molecule has 0 bridgehead atoms. The molecule has 1 fully saturated rings. The Morgan fingerprint density at radius 2 is 1.84 bits per heavy atom. The maximum atomic E-state index is 11.5. The highest BCUT2D eigenvalue weighted by molar-refractivity contribution is 5.75. The monoisotopic (exact) mass is 261 g/mol. The van der Waals surface area contributed by atoms with Crippen molar-refractivity contribution in [1.82, 2.24) is 5.32 Å². The molecule has 2 atom stereocenters. The SMILES string of the molecule is C[C@H](NC(C(=O)O)c1ccccc1)C1CCCCC1. The quantitative estimate of drug-likeness (QED) is 0.854. The summed E-state index contributed by atoms with van der Waals surface area (Å²) in [7, 11) is 0. The van der Waals surface area contributed by atoms with Gasteiger partial charge in [-0.15, -0.1) is 0 Å². The molecule has 0 spiro atoms. The average Bonchev–Trinajstić information content (AvgIpc) is 2.46. The maximum Gasteiger partial charge on any atom is 0.325 e. The van der Waals surface area contributed by atoms with E-state index in [0.717, 1.165) is 5.56 Å². The van der Waals surface area contributed by atoms with E-state index in [9.17, 15) is 9.90 Å². The number of carboxylic acids is 1. The van der Waals surface area contributed by atoms with Gasteiger partial charge in [-0.05, 0) is 31.2 Å². The van der Waals surface area contributed by atoms with Crippen LogP contribution in [0.4, 0.5) is 0 Å². The smallest absolute Gasteiger partial charge is 0.325 e. The van der Waals surface area contributed by atoms with Gasteiger partial charge in [0.2, 0.25) is 0 Å². The van der Waals surface area contributed by atoms with E-state index in [2.05, 4.69) is 12.2 Å². The molecule has 1 aliphatic carbocycles. The Morgan fingerprint density at radius 1 is 1.21 bits per heavy atom. The van der Waals surface area contributed by atoms with Gasteiger partial charge in [-0.2, -0.15) is 0 Å². The summed E-state index contributed by atoms with van der Waals surface area (Å²) in [5, 5.41) is 12.7. The summed E-state index contributed by atoms with van der Waals surface area (Å²) in [5.41, 5.74) is 0.831. The van der Waals surface area contributed by atoms with Crippen molar-refractivity contribution in [2.75, 3.05) is 0 Å². The number of hydrogen-bond acceptors (Lipinski definition) is 2. The van der Waals surface area contributed by atoms with Crippen molar-refractivity contribution in [2.24, 2.45) is 5.92 Å². The molecule has 1 saturated carbocycles. The van der Waals surface area contributed by atoms with E-state index < -0.39 is 12.0 Å². The third kappa shape index (κ3) is 3.80. The number of benzene rings is 1. The first-order chi connectivity index (χ1) is 9.18. The summed E-state index contributed by atoms with van der Waals surface area (Å²) in [6, 6.07) is 9.09.